The minimum Gasteiger partial charge on any atom is -0.494 e. The van der Waals surface area contributed by atoms with Gasteiger partial charge in [-0.2, -0.15) is 0 Å². The predicted octanol–water partition coefficient (Wildman–Crippen LogP) is 3.72. The van der Waals surface area contributed by atoms with E-state index in [-0.39, 0.29) is 18.1 Å². The van der Waals surface area contributed by atoms with Crippen LogP contribution >= 0.6 is 11.8 Å². The van der Waals surface area contributed by atoms with Crippen LogP contribution in [0, 0.1) is 0 Å². The highest BCUT2D eigenvalue weighted by molar-refractivity contribution is 7.99. The van der Waals surface area contributed by atoms with Crippen LogP contribution in [0.2, 0.25) is 0 Å². The van der Waals surface area contributed by atoms with E-state index in [4.69, 9.17) is 9.84 Å². The summed E-state index contributed by atoms with van der Waals surface area (Å²) in [6.07, 6.45) is 0.604. The molecular weight excluding hydrogens is 366 g/mol. The van der Waals surface area contributed by atoms with Crippen molar-refractivity contribution in [1.29, 1.82) is 0 Å². The number of oxime groups is 1. The average Bonchev–Trinajstić information content (AvgIpc) is 2.67. The average molecular weight is 387 g/mol. The van der Waals surface area contributed by atoms with E-state index in [2.05, 4.69) is 9.99 Å². The van der Waals surface area contributed by atoms with Crippen molar-refractivity contribution in [3.63, 3.8) is 0 Å². The molecular formula is C20H21NO5S. The number of hydrogen-bond donors (Lipinski definition) is 1. The van der Waals surface area contributed by atoms with E-state index in [9.17, 15) is 9.59 Å². The molecule has 0 unspecified atom stereocenters. The third kappa shape index (κ3) is 6.88. The number of ketones is 1. The van der Waals surface area contributed by atoms with Crippen LogP contribution in [0.15, 0.2) is 63.5 Å². The Morgan fingerprint density at radius 2 is 1.59 bits per heavy atom. The van der Waals surface area contributed by atoms with Crippen LogP contribution in [0.4, 0.5) is 0 Å². The van der Waals surface area contributed by atoms with Crippen molar-refractivity contribution < 1.29 is 24.3 Å². The monoisotopic (exact) mass is 387 g/mol. The maximum atomic E-state index is 12.2. The van der Waals surface area contributed by atoms with Gasteiger partial charge in [0.15, 0.2) is 0 Å². The molecule has 6 nitrogen and oxygen atoms in total. The zero-order valence-corrected chi connectivity index (χ0v) is 16.0. The first-order valence-corrected chi connectivity index (χ1v) is 9.20. The number of Topliss-reactive ketones (excluding diaryl/α,β-unsaturated/α-hetero) is 1. The quantitative estimate of drug-likeness (QED) is 0.232. The molecule has 0 aromatic heterocycles. The third-order valence-electron chi connectivity index (χ3n) is 3.39. The van der Waals surface area contributed by atoms with Gasteiger partial charge in [-0.15, -0.1) is 0 Å². The van der Waals surface area contributed by atoms with Crippen LogP contribution in [-0.4, -0.2) is 35.8 Å². The molecule has 0 atom stereocenters. The van der Waals surface area contributed by atoms with Crippen molar-refractivity contribution >= 4 is 29.2 Å². The zero-order chi connectivity index (χ0) is 19.6. The molecule has 27 heavy (non-hydrogen) atoms. The van der Waals surface area contributed by atoms with Gasteiger partial charge in [-0.3, -0.25) is 4.79 Å². The topological polar surface area (TPSA) is 85.2 Å². The maximum Gasteiger partial charge on any atom is 0.331 e. The first kappa shape index (κ1) is 20.7. The molecule has 0 amide bonds. The maximum absolute atomic E-state index is 12.2. The number of benzene rings is 2. The Balaban J connectivity index is 1.96. The number of carbonyl (C=O) groups is 2. The number of aliphatic hydroxyl groups excluding tert-OH is 1. The van der Waals surface area contributed by atoms with E-state index < -0.39 is 5.97 Å². The number of nitrogens with zero attached hydrogens (tertiary/aromatic N) is 1. The molecule has 0 bridgehead atoms. The van der Waals surface area contributed by atoms with Gasteiger partial charge in [0.1, 0.15) is 11.5 Å². The van der Waals surface area contributed by atoms with E-state index in [1.807, 2.05) is 36.4 Å². The predicted molar refractivity (Wildman–Crippen MR) is 103 cm³/mol. The van der Waals surface area contributed by atoms with Gasteiger partial charge < -0.3 is 14.7 Å². The largest absolute Gasteiger partial charge is 0.494 e. The van der Waals surface area contributed by atoms with Crippen LogP contribution in [0.1, 0.15) is 30.6 Å². The van der Waals surface area contributed by atoms with E-state index >= 15 is 0 Å². The summed E-state index contributed by atoms with van der Waals surface area (Å²) < 4.78 is 5.50. The van der Waals surface area contributed by atoms with E-state index in [1.165, 1.54) is 13.8 Å². The van der Waals surface area contributed by atoms with Crippen molar-refractivity contribution in [2.75, 3.05) is 13.2 Å². The Kier molecular flexibility index (Phi) is 8.03. The lowest BCUT2D eigenvalue weighted by Crippen LogP contribution is -2.11. The van der Waals surface area contributed by atoms with Crippen LogP contribution in [-0.2, 0) is 9.63 Å². The number of hydrogen-bond acceptors (Lipinski definition) is 7. The highest BCUT2D eigenvalue weighted by atomic mass is 32.2. The molecule has 0 aliphatic heterocycles. The number of aliphatic hydroxyl groups is 1. The second-order valence-corrected chi connectivity index (χ2v) is 6.76. The van der Waals surface area contributed by atoms with E-state index in [0.717, 1.165) is 15.5 Å². The second kappa shape index (κ2) is 10.5. The molecule has 2 aromatic carbocycles. The van der Waals surface area contributed by atoms with Gasteiger partial charge in [-0.05, 0) is 55.5 Å². The summed E-state index contributed by atoms with van der Waals surface area (Å²) in [5, 5.41) is 12.3. The fourth-order valence-electron chi connectivity index (χ4n) is 2.05. The van der Waals surface area contributed by atoms with Crippen LogP contribution in [0.25, 0.3) is 0 Å². The zero-order valence-electron chi connectivity index (χ0n) is 15.2. The molecule has 0 saturated heterocycles. The highest BCUT2D eigenvalue weighted by Gasteiger charge is 2.11. The van der Waals surface area contributed by atoms with Gasteiger partial charge in [0.05, 0.1) is 6.61 Å². The summed E-state index contributed by atoms with van der Waals surface area (Å²) in [7, 11) is 0. The lowest BCUT2D eigenvalue weighted by atomic mass is 10.1. The lowest BCUT2D eigenvalue weighted by Gasteiger charge is -2.07. The molecule has 1 N–H and O–H groups in total. The summed E-state index contributed by atoms with van der Waals surface area (Å²) in [6, 6.07) is 14.8. The molecule has 0 radical (unpaired) electrons. The number of carbonyl (C=O) groups excluding carboxylic acids is 2. The van der Waals surface area contributed by atoms with Crippen molar-refractivity contribution in [1.82, 2.24) is 0 Å². The molecule has 0 spiro atoms. The van der Waals surface area contributed by atoms with Gasteiger partial charge in [0, 0.05) is 35.3 Å². The Hall–Kier alpha value is -2.64. The van der Waals surface area contributed by atoms with Gasteiger partial charge in [-0.25, -0.2) is 4.79 Å². The fraction of sp³-hybridized carbons (Fsp3) is 0.250. The molecule has 2 aromatic rings. The smallest absolute Gasteiger partial charge is 0.331 e. The molecule has 0 fully saturated rings. The second-order valence-electron chi connectivity index (χ2n) is 5.61. The first-order chi connectivity index (χ1) is 13.0. The van der Waals surface area contributed by atoms with Crippen molar-refractivity contribution in [2.24, 2.45) is 5.16 Å². The van der Waals surface area contributed by atoms with Gasteiger partial charge in [-0.1, -0.05) is 16.9 Å². The molecule has 142 valence electrons. The molecule has 7 heteroatoms. The van der Waals surface area contributed by atoms with Gasteiger partial charge in [0.2, 0.25) is 5.78 Å². The van der Waals surface area contributed by atoms with Gasteiger partial charge in [0.25, 0.3) is 0 Å². The van der Waals surface area contributed by atoms with E-state index in [0.29, 0.717) is 18.6 Å². The van der Waals surface area contributed by atoms with Crippen molar-refractivity contribution in [2.45, 2.75) is 30.1 Å². The minimum absolute atomic E-state index is 0.113. The number of ether oxygens (including phenoxy) is 1. The summed E-state index contributed by atoms with van der Waals surface area (Å²) >= 11 is 1.56. The summed E-state index contributed by atoms with van der Waals surface area (Å²) in [6.45, 7) is 3.32. The Morgan fingerprint density at radius 3 is 2.15 bits per heavy atom. The SMILES string of the molecule is CC(=O)ON=C(C)C(=O)c1ccc(Sc2ccc(OCCCO)cc2)cc1. The molecule has 0 aliphatic rings. The molecule has 0 saturated carbocycles. The standard InChI is InChI=1S/C20H21NO5S/c1-14(21-26-15(2)23)20(24)16-4-8-18(9-5-16)27-19-10-6-17(7-11-19)25-13-3-12-22/h4-11,22H,3,12-13H2,1-2H3. The number of rotatable bonds is 9. The van der Waals surface area contributed by atoms with Crippen LogP contribution in [0.3, 0.4) is 0 Å². The summed E-state index contributed by atoms with van der Waals surface area (Å²) in [5.74, 6) is -0.104. The Morgan fingerprint density at radius 1 is 1.00 bits per heavy atom. The van der Waals surface area contributed by atoms with E-state index in [1.54, 1.807) is 23.9 Å². The first-order valence-electron chi connectivity index (χ1n) is 8.38. The van der Waals surface area contributed by atoms with Crippen molar-refractivity contribution in [3.8, 4) is 5.75 Å². The normalized spacial score (nSPS) is 11.1. The van der Waals surface area contributed by atoms with Crippen LogP contribution in [0.5, 0.6) is 5.75 Å². The van der Waals surface area contributed by atoms with Crippen molar-refractivity contribution in [3.05, 3.63) is 54.1 Å². The Labute approximate surface area is 162 Å². The third-order valence-corrected chi connectivity index (χ3v) is 4.40. The highest BCUT2D eigenvalue weighted by Crippen LogP contribution is 2.29. The minimum atomic E-state index is -0.571. The fourth-order valence-corrected chi connectivity index (χ4v) is 2.87. The summed E-state index contributed by atoms with van der Waals surface area (Å²) in [4.78, 5) is 29.5. The molecule has 0 aliphatic carbocycles. The summed E-state index contributed by atoms with van der Waals surface area (Å²) in [5.41, 5.74) is 0.586. The lowest BCUT2D eigenvalue weighted by molar-refractivity contribution is -0.140. The molecule has 0 heterocycles. The Bertz CT molecular complexity index is 800. The molecule has 2 rings (SSSR count). The van der Waals surface area contributed by atoms with Crippen LogP contribution < -0.4 is 4.74 Å². The van der Waals surface area contributed by atoms with Gasteiger partial charge >= 0.3 is 5.97 Å².